The van der Waals surface area contributed by atoms with Crippen LogP contribution in [0.2, 0.25) is 5.02 Å². The van der Waals surface area contributed by atoms with Crippen LogP contribution in [0, 0.1) is 6.92 Å². The van der Waals surface area contributed by atoms with Gasteiger partial charge in [0.25, 0.3) is 0 Å². The van der Waals surface area contributed by atoms with E-state index in [2.05, 4.69) is 10.3 Å². The molecular weight excluding hydrogens is 442 g/mol. The number of rotatable bonds is 4. The predicted octanol–water partition coefficient (Wildman–Crippen LogP) is 5.88. The largest absolute Gasteiger partial charge is 0.331 e. The van der Waals surface area contributed by atoms with E-state index < -0.39 is 0 Å². The van der Waals surface area contributed by atoms with Crippen molar-refractivity contribution in [1.29, 1.82) is 0 Å². The van der Waals surface area contributed by atoms with E-state index >= 15 is 0 Å². The maximum absolute atomic E-state index is 13.0. The molecule has 5 rings (SSSR count). The number of aryl methyl sites for hydroxylation is 1. The van der Waals surface area contributed by atoms with Crippen molar-refractivity contribution in [2.24, 2.45) is 0 Å². The first-order valence-electron chi connectivity index (χ1n) is 10.0. The lowest BCUT2D eigenvalue weighted by Gasteiger charge is -2.14. The van der Waals surface area contributed by atoms with Gasteiger partial charge in [-0.25, -0.2) is 4.98 Å². The number of nitrogens with one attached hydrogen (secondary N) is 1. The number of thiazole rings is 1. The van der Waals surface area contributed by atoms with Gasteiger partial charge in [-0.2, -0.15) is 0 Å². The smallest absolute Gasteiger partial charge is 0.246 e. The summed E-state index contributed by atoms with van der Waals surface area (Å²) in [4.78, 5) is 31.5. The highest BCUT2D eigenvalue weighted by Gasteiger charge is 2.15. The molecule has 1 amide bonds. The molecule has 5 aromatic rings. The van der Waals surface area contributed by atoms with E-state index in [1.54, 1.807) is 12.1 Å². The van der Waals surface area contributed by atoms with Gasteiger partial charge in [-0.15, -0.1) is 11.3 Å². The van der Waals surface area contributed by atoms with Gasteiger partial charge in [0, 0.05) is 26.2 Å². The van der Waals surface area contributed by atoms with Crippen LogP contribution in [0.1, 0.15) is 4.88 Å². The normalized spacial score (nSPS) is 11.2. The zero-order valence-electron chi connectivity index (χ0n) is 17.1. The number of halogens is 1. The molecule has 5 nitrogen and oxygen atoms in total. The third-order valence-electron chi connectivity index (χ3n) is 5.34. The molecule has 1 N–H and O–H groups in total. The van der Waals surface area contributed by atoms with Crippen molar-refractivity contribution in [2.75, 3.05) is 5.32 Å². The fraction of sp³-hybridized carbons (Fsp3) is 0.0800. The van der Waals surface area contributed by atoms with Gasteiger partial charge in [0.1, 0.15) is 6.54 Å². The van der Waals surface area contributed by atoms with Gasteiger partial charge in [0.15, 0.2) is 10.6 Å². The summed E-state index contributed by atoms with van der Waals surface area (Å²) in [5.41, 5.74) is 3.19. The number of amides is 1. The summed E-state index contributed by atoms with van der Waals surface area (Å²) in [6.07, 6.45) is 0. The van der Waals surface area contributed by atoms with Crippen LogP contribution in [-0.2, 0) is 11.3 Å². The minimum absolute atomic E-state index is 0.0315. The van der Waals surface area contributed by atoms with Gasteiger partial charge < -0.3 is 9.88 Å². The summed E-state index contributed by atoms with van der Waals surface area (Å²) in [6.45, 7) is 2.04. The van der Waals surface area contributed by atoms with Crippen molar-refractivity contribution in [3.63, 3.8) is 0 Å². The average Bonchev–Trinajstić information content (AvgIpc) is 3.17. The number of benzene rings is 3. The number of hydrogen-bond donors (Lipinski definition) is 1. The van der Waals surface area contributed by atoms with Crippen molar-refractivity contribution in [1.82, 2.24) is 9.55 Å². The molecule has 2 heterocycles. The van der Waals surface area contributed by atoms with Crippen molar-refractivity contribution >= 4 is 55.8 Å². The highest BCUT2D eigenvalue weighted by molar-refractivity contribution is 7.16. The first-order chi connectivity index (χ1) is 15.5. The Balaban J connectivity index is 1.49. The summed E-state index contributed by atoms with van der Waals surface area (Å²) in [5.74, 6) is -0.208. The second-order valence-corrected chi connectivity index (χ2v) is 9.07. The number of aromatic nitrogens is 2. The fourth-order valence-electron chi connectivity index (χ4n) is 3.88. The minimum Gasteiger partial charge on any atom is -0.331 e. The quantitative estimate of drug-likeness (QED) is 0.341. The molecular formula is C25H18ClN3O2S. The molecule has 0 atom stereocenters. The molecule has 2 aromatic heterocycles. The lowest BCUT2D eigenvalue weighted by atomic mass is 10.1. The van der Waals surface area contributed by atoms with E-state index in [1.807, 2.05) is 72.2 Å². The fourth-order valence-corrected chi connectivity index (χ4v) is 4.85. The Bertz CT molecular complexity index is 1480. The first-order valence-corrected chi connectivity index (χ1v) is 11.2. The van der Waals surface area contributed by atoms with Crippen LogP contribution in [0.15, 0.2) is 77.6 Å². The van der Waals surface area contributed by atoms with Crippen molar-refractivity contribution in [3.05, 3.63) is 92.9 Å². The maximum Gasteiger partial charge on any atom is 0.246 e. The minimum atomic E-state index is -0.208. The van der Waals surface area contributed by atoms with Gasteiger partial charge in [-0.05, 0) is 43.3 Å². The predicted molar refractivity (Wildman–Crippen MR) is 132 cm³/mol. The molecule has 158 valence electrons. The Hall–Kier alpha value is -3.48. The summed E-state index contributed by atoms with van der Waals surface area (Å²) in [6, 6.07) is 22.2. The van der Waals surface area contributed by atoms with Crippen LogP contribution >= 0.6 is 22.9 Å². The molecule has 0 aliphatic heterocycles. The number of hydrogen-bond acceptors (Lipinski definition) is 4. The summed E-state index contributed by atoms with van der Waals surface area (Å²) < 4.78 is 1.88. The van der Waals surface area contributed by atoms with Gasteiger partial charge >= 0.3 is 0 Å². The van der Waals surface area contributed by atoms with Crippen LogP contribution in [0.5, 0.6) is 0 Å². The van der Waals surface area contributed by atoms with Gasteiger partial charge in [-0.1, -0.05) is 48.0 Å². The van der Waals surface area contributed by atoms with Crippen molar-refractivity contribution < 1.29 is 4.79 Å². The SMILES string of the molecule is Cc1sc(NC(=O)Cn2c3ccccc3c(=O)c3ccccc32)nc1-c1ccc(Cl)cc1. The molecule has 32 heavy (non-hydrogen) atoms. The second kappa shape index (κ2) is 8.22. The maximum atomic E-state index is 13.0. The lowest BCUT2D eigenvalue weighted by molar-refractivity contribution is -0.116. The number of carbonyl (C=O) groups excluding carboxylic acids is 1. The monoisotopic (exact) mass is 459 g/mol. The van der Waals surface area contributed by atoms with Crippen LogP contribution in [-0.4, -0.2) is 15.5 Å². The molecule has 0 unspecified atom stereocenters. The third kappa shape index (κ3) is 3.68. The molecule has 0 radical (unpaired) electrons. The molecule has 0 saturated heterocycles. The molecule has 3 aromatic carbocycles. The highest BCUT2D eigenvalue weighted by atomic mass is 35.5. The molecule has 0 bridgehead atoms. The van der Waals surface area contributed by atoms with Gasteiger partial charge in [0.2, 0.25) is 5.91 Å². The Morgan fingerprint density at radius 2 is 1.56 bits per heavy atom. The van der Waals surface area contributed by atoms with E-state index in [-0.39, 0.29) is 17.9 Å². The zero-order valence-corrected chi connectivity index (χ0v) is 18.7. The van der Waals surface area contributed by atoms with Crippen LogP contribution in [0.25, 0.3) is 33.1 Å². The van der Waals surface area contributed by atoms with Gasteiger partial charge in [-0.3, -0.25) is 9.59 Å². The molecule has 0 saturated carbocycles. The highest BCUT2D eigenvalue weighted by Crippen LogP contribution is 2.31. The Morgan fingerprint density at radius 3 is 2.19 bits per heavy atom. The van der Waals surface area contributed by atoms with E-state index in [0.717, 1.165) is 27.2 Å². The number of pyridine rings is 1. The van der Waals surface area contributed by atoms with E-state index in [9.17, 15) is 9.59 Å². The summed E-state index contributed by atoms with van der Waals surface area (Å²) >= 11 is 7.41. The summed E-state index contributed by atoms with van der Waals surface area (Å²) in [7, 11) is 0. The first kappa shape index (κ1) is 20.4. The van der Waals surface area contributed by atoms with E-state index in [0.29, 0.717) is 20.9 Å². The van der Waals surface area contributed by atoms with E-state index in [4.69, 9.17) is 11.6 Å². The zero-order chi connectivity index (χ0) is 22.2. The van der Waals surface area contributed by atoms with Crippen molar-refractivity contribution in [3.8, 4) is 11.3 Å². The lowest BCUT2D eigenvalue weighted by Crippen LogP contribution is -2.21. The molecule has 7 heteroatoms. The number of fused-ring (bicyclic) bond motifs is 2. The van der Waals surface area contributed by atoms with Crippen LogP contribution in [0.3, 0.4) is 0 Å². The number of nitrogens with zero attached hydrogens (tertiary/aromatic N) is 2. The second-order valence-electron chi connectivity index (χ2n) is 7.43. The number of anilines is 1. The molecule has 0 fully saturated rings. The number of para-hydroxylation sites is 2. The Kier molecular flexibility index (Phi) is 5.25. The average molecular weight is 460 g/mol. The van der Waals surface area contributed by atoms with Gasteiger partial charge in [0.05, 0.1) is 16.7 Å². The standard InChI is InChI=1S/C25H18ClN3O2S/c1-15-23(16-10-12-17(26)13-11-16)28-25(32-15)27-22(30)14-29-20-8-4-2-6-18(20)24(31)19-7-3-5-9-21(19)29/h2-13H,14H2,1H3,(H,27,28,30). The Morgan fingerprint density at radius 1 is 0.969 bits per heavy atom. The van der Waals surface area contributed by atoms with Crippen LogP contribution < -0.4 is 10.7 Å². The Labute approximate surface area is 192 Å². The molecule has 0 spiro atoms. The third-order valence-corrected chi connectivity index (χ3v) is 6.48. The molecule has 0 aliphatic carbocycles. The van der Waals surface area contributed by atoms with Crippen molar-refractivity contribution in [2.45, 2.75) is 13.5 Å². The van der Waals surface area contributed by atoms with Crippen LogP contribution in [0.4, 0.5) is 5.13 Å². The number of carbonyl (C=O) groups is 1. The molecule has 0 aliphatic rings. The topological polar surface area (TPSA) is 64.0 Å². The summed E-state index contributed by atoms with van der Waals surface area (Å²) in [5, 5.41) is 5.30. The van der Waals surface area contributed by atoms with E-state index in [1.165, 1.54) is 11.3 Å².